The minimum absolute atomic E-state index is 0.449. The lowest BCUT2D eigenvalue weighted by atomic mass is 9.74. The summed E-state index contributed by atoms with van der Waals surface area (Å²) in [6, 6.07) is 18.5. The third-order valence-corrected chi connectivity index (χ3v) is 4.84. The SMILES string of the molecule is CNC(CC1Cc2ccccc21)c1ccc(C(C)C)cc1. The van der Waals surface area contributed by atoms with Gasteiger partial charge in [0.1, 0.15) is 0 Å². The highest BCUT2D eigenvalue weighted by Crippen LogP contribution is 2.40. The maximum absolute atomic E-state index is 3.50. The lowest BCUT2D eigenvalue weighted by Crippen LogP contribution is -2.25. The molecule has 0 spiro atoms. The molecule has 2 aromatic rings. The summed E-state index contributed by atoms with van der Waals surface area (Å²) in [7, 11) is 2.07. The predicted octanol–water partition coefficient (Wildman–Crippen LogP) is 4.80. The zero-order chi connectivity index (χ0) is 14.8. The van der Waals surface area contributed by atoms with Crippen LogP contribution in [0.1, 0.15) is 60.4 Å². The molecule has 2 unspecified atom stereocenters. The number of hydrogen-bond acceptors (Lipinski definition) is 1. The minimum Gasteiger partial charge on any atom is -0.313 e. The van der Waals surface area contributed by atoms with Crippen molar-refractivity contribution < 1.29 is 0 Å². The van der Waals surface area contributed by atoms with E-state index in [1.807, 2.05) is 0 Å². The summed E-state index contributed by atoms with van der Waals surface area (Å²) in [5.41, 5.74) is 5.91. The highest BCUT2D eigenvalue weighted by Gasteiger charge is 2.28. The second-order valence-corrected chi connectivity index (χ2v) is 6.50. The van der Waals surface area contributed by atoms with E-state index >= 15 is 0 Å². The maximum Gasteiger partial charge on any atom is 0.0323 e. The third kappa shape index (κ3) is 2.89. The average molecular weight is 279 g/mol. The quantitative estimate of drug-likeness (QED) is 0.829. The highest BCUT2D eigenvalue weighted by atomic mass is 14.9. The molecule has 0 heterocycles. The summed E-state index contributed by atoms with van der Waals surface area (Å²) in [4.78, 5) is 0. The van der Waals surface area contributed by atoms with Gasteiger partial charge in [-0.05, 0) is 54.0 Å². The van der Waals surface area contributed by atoms with Crippen molar-refractivity contribution in [3.63, 3.8) is 0 Å². The fourth-order valence-corrected chi connectivity index (χ4v) is 3.39. The Morgan fingerprint density at radius 2 is 1.67 bits per heavy atom. The van der Waals surface area contributed by atoms with E-state index in [4.69, 9.17) is 0 Å². The average Bonchev–Trinajstić information content (AvgIpc) is 2.49. The molecule has 0 amide bonds. The maximum atomic E-state index is 3.50. The van der Waals surface area contributed by atoms with Crippen molar-refractivity contribution in [1.29, 1.82) is 0 Å². The van der Waals surface area contributed by atoms with Crippen LogP contribution >= 0.6 is 0 Å². The lowest BCUT2D eigenvalue weighted by Gasteiger charge is -2.33. The molecule has 1 heteroatoms. The first-order chi connectivity index (χ1) is 10.2. The van der Waals surface area contributed by atoms with E-state index in [0.717, 1.165) is 0 Å². The van der Waals surface area contributed by atoms with Crippen LogP contribution in [0.15, 0.2) is 48.5 Å². The second kappa shape index (κ2) is 6.03. The minimum atomic E-state index is 0.449. The first-order valence-electron chi connectivity index (χ1n) is 8.04. The first kappa shape index (κ1) is 14.3. The van der Waals surface area contributed by atoms with Crippen LogP contribution in [0.2, 0.25) is 0 Å². The molecule has 0 aromatic heterocycles. The van der Waals surface area contributed by atoms with Crippen molar-refractivity contribution in [2.75, 3.05) is 7.05 Å². The molecule has 0 bridgehead atoms. The van der Waals surface area contributed by atoms with Gasteiger partial charge in [-0.15, -0.1) is 0 Å². The van der Waals surface area contributed by atoms with Crippen molar-refractivity contribution in [2.45, 2.75) is 44.6 Å². The lowest BCUT2D eigenvalue weighted by molar-refractivity contribution is 0.452. The van der Waals surface area contributed by atoms with Gasteiger partial charge in [0.25, 0.3) is 0 Å². The zero-order valence-corrected chi connectivity index (χ0v) is 13.3. The van der Waals surface area contributed by atoms with E-state index in [-0.39, 0.29) is 0 Å². The Morgan fingerprint density at radius 1 is 1.00 bits per heavy atom. The van der Waals surface area contributed by atoms with E-state index in [1.54, 1.807) is 5.56 Å². The third-order valence-electron chi connectivity index (χ3n) is 4.84. The molecule has 0 radical (unpaired) electrons. The molecule has 21 heavy (non-hydrogen) atoms. The van der Waals surface area contributed by atoms with Gasteiger partial charge in [0.2, 0.25) is 0 Å². The number of nitrogens with one attached hydrogen (secondary N) is 1. The predicted molar refractivity (Wildman–Crippen MR) is 89.8 cm³/mol. The van der Waals surface area contributed by atoms with E-state index in [1.165, 1.54) is 29.5 Å². The molecule has 110 valence electrons. The van der Waals surface area contributed by atoms with Gasteiger partial charge in [-0.1, -0.05) is 62.4 Å². The topological polar surface area (TPSA) is 12.0 Å². The van der Waals surface area contributed by atoms with Crippen LogP contribution in [-0.2, 0) is 6.42 Å². The molecule has 0 saturated carbocycles. The van der Waals surface area contributed by atoms with Crippen LogP contribution in [-0.4, -0.2) is 7.05 Å². The van der Waals surface area contributed by atoms with E-state index < -0.39 is 0 Å². The van der Waals surface area contributed by atoms with Gasteiger partial charge in [-0.3, -0.25) is 0 Å². The second-order valence-electron chi connectivity index (χ2n) is 6.50. The first-order valence-corrected chi connectivity index (χ1v) is 8.04. The molecule has 2 aromatic carbocycles. The number of benzene rings is 2. The molecule has 0 saturated heterocycles. The molecule has 1 aliphatic rings. The Kier molecular flexibility index (Phi) is 4.12. The van der Waals surface area contributed by atoms with Crippen molar-refractivity contribution in [3.8, 4) is 0 Å². The van der Waals surface area contributed by atoms with Gasteiger partial charge in [0, 0.05) is 6.04 Å². The molecular formula is C20H25N. The van der Waals surface area contributed by atoms with Crippen molar-refractivity contribution in [1.82, 2.24) is 5.32 Å². The molecule has 0 aliphatic heterocycles. The molecule has 2 atom stereocenters. The van der Waals surface area contributed by atoms with Crippen LogP contribution in [0, 0.1) is 0 Å². The number of rotatable bonds is 5. The van der Waals surface area contributed by atoms with Gasteiger partial charge in [-0.2, -0.15) is 0 Å². The number of fused-ring (bicyclic) bond motifs is 1. The van der Waals surface area contributed by atoms with E-state index in [0.29, 0.717) is 17.9 Å². The largest absolute Gasteiger partial charge is 0.313 e. The van der Waals surface area contributed by atoms with Gasteiger partial charge in [0.15, 0.2) is 0 Å². The van der Waals surface area contributed by atoms with E-state index in [2.05, 4.69) is 74.7 Å². The van der Waals surface area contributed by atoms with Gasteiger partial charge in [-0.25, -0.2) is 0 Å². The van der Waals surface area contributed by atoms with Crippen LogP contribution in [0.5, 0.6) is 0 Å². The Balaban J connectivity index is 1.71. The van der Waals surface area contributed by atoms with Gasteiger partial charge >= 0.3 is 0 Å². The molecule has 1 aliphatic carbocycles. The summed E-state index contributed by atoms with van der Waals surface area (Å²) in [5, 5.41) is 3.50. The Labute approximate surface area is 128 Å². The van der Waals surface area contributed by atoms with Crippen LogP contribution < -0.4 is 5.32 Å². The monoisotopic (exact) mass is 279 g/mol. The molecule has 3 rings (SSSR count). The van der Waals surface area contributed by atoms with Crippen molar-refractivity contribution in [3.05, 3.63) is 70.8 Å². The van der Waals surface area contributed by atoms with Crippen LogP contribution in [0.4, 0.5) is 0 Å². The van der Waals surface area contributed by atoms with Gasteiger partial charge < -0.3 is 5.32 Å². The molecule has 1 nitrogen and oxygen atoms in total. The van der Waals surface area contributed by atoms with Crippen LogP contribution in [0.3, 0.4) is 0 Å². The summed E-state index contributed by atoms with van der Waals surface area (Å²) < 4.78 is 0. The zero-order valence-electron chi connectivity index (χ0n) is 13.3. The summed E-state index contributed by atoms with van der Waals surface area (Å²) >= 11 is 0. The normalized spacial score (nSPS) is 18.2. The van der Waals surface area contributed by atoms with E-state index in [9.17, 15) is 0 Å². The standard InChI is InChI=1S/C20H25N/c1-14(2)15-8-10-16(11-9-15)20(21-3)13-18-12-17-6-4-5-7-19(17)18/h4-11,14,18,20-21H,12-13H2,1-3H3. The fraction of sp³-hybridized carbons (Fsp3) is 0.400. The Morgan fingerprint density at radius 3 is 2.29 bits per heavy atom. The number of hydrogen-bond donors (Lipinski definition) is 1. The van der Waals surface area contributed by atoms with Crippen molar-refractivity contribution >= 4 is 0 Å². The van der Waals surface area contributed by atoms with Crippen LogP contribution in [0.25, 0.3) is 0 Å². The smallest absolute Gasteiger partial charge is 0.0323 e. The van der Waals surface area contributed by atoms with Crippen molar-refractivity contribution in [2.24, 2.45) is 0 Å². The summed E-state index contributed by atoms with van der Waals surface area (Å²) in [6.45, 7) is 4.49. The summed E-state index contributed by atoms with van der Waals surface area (Å²) in [6.07, 6.45) is 2.42. The van der Waals surface area contributed by atoms with Gasteiger partial charge in [0.05, 0.1) is 0 Å². The fourth-order valence-electron chi connectivity index (χ4n) is 3.39. The summed E-state index contributed by atoms with van der Waals surface area (Å²) in [5.74, 6) is 1.31. The Hall–Kier alpha value is -1.60. The molecule has 0 fully saturated rings. The Bertz CT molecular complexity index is 597. The highest BCUT2D eigenvalue weighted by molar-refractivity contribution is 5.40. The molecule has 1 N–H and O–H groups in total. The molecular weight excluding hydrogens is 254 g/mol.